The largest absolute Gasteiger partial charge is 0.354 e. The van der Waals surface area contributed by atoms with Crippen molar-refractivity contribution in [2.45, 2.75) is 64.3 Å². The van der Waals surface area contributed by atoms with Crippen LogP contribution in [-0.4, -0.2) is 42.4 Å². The molecule has 0 saturated carbocycles. The van der Waals surface area contributed by atoms with Crippen molar-refractivity contribution in [1.82, 2.24) is 10.2 Å². The molecule has 152 valence electrons. The third-order valence-electron chi connectivity index (χ3n) is 5.08. The summed E-state index contributed by atoms with van der Waals surface area (Å²) in [6.45, 7) is 3.82. The fourth-order valence-electron chi connectivity index (χ4n) is 3.50. The van der Waals surface area contributed by atoms with Crippen LogP contribution in [0.4, 0.5) is 0 Å². The molecule has 0 aromatic heterocycles. The number of halogens is 1. The van der Waals surface area contributed by atoms with Crippen molar-refractivity contribution in [3.8, 4) is 0 Å². The Morgan fingerprint density at radius 1 is 1.15 bits per heavy atom. The summed E-state index contributed by atoms with van der Waals surface area (Å²) in [4.78, 5) is 26.2. The van der Waals surface area contributed by atoms with Gasteiger partial charge in [-0.1, -0.05) is 29.8 Å². The summed E-state index contributed by atoms with van der Waals surface area (Å²) in [5.74, 6) is 0.204. The van der Waals surface area contributed by atoms with E-state index in [9.17, 15) is 9.59 Å². The number of nitrogens with two attached hydrogens (primary N) is 1. The van der Waals surface area contributed by atoms with Crippen LogP contribution < -0.4 is 11.1 Å². The summed E-state index contributed by atoms with van der Waals surface area (Å²) in [6.07, 6.45) is 7.05. The molecule has 1 fully saturated rings. The van der Waals surface area contributed by atoms with Gasteiger partial charge in [0.2, 0.25) is 11.8 Å². The second-order valence-corrected chi connectivity index (χ2v) is 7.27. The minimum absolute atomic E-state index is 0. The number of benzene rings is 1. The first-order valence-electron chi connectivity index (χ1n) is 9.92. The zero-order chi connectivity index (χ0) is 18.8. The van der Waals surface area contributed by atoms with Crippen molar-refractivity contribution in [2.24, 2.45) is 5.73 Å². The molecular weight excluding hydrogens is 362 g/mol. The number of likely N-dealkylation sites (tertiary alicyclic amines) is 1. The Labute approximate surface area is 169 Å². The number of hydrogen-bond donors (Lipinski definition) is 2. The molecule has 1 aromatic carbocycles. The number of unbranched alkanes of at least 4 members (excludes halogenated alkanes) is 1. The van der Waals surface area contributed by atoms with Gasteiger partial charge in [-0.25, -0.2) is 0 Å². The van der Waals surface area contributed by atoms with E-state index in [2.05, 4.69) is 36.5 Å². The number of piperidine rings is 1. The van der Waals surface area contributed by atoms with Gasteiger partial charge in [0.15, 0.2) is 0 Å². The smallest absolute Gasteiger partial charge is 0.222 e. The van der Waals surface area contributed by atoms with E-state index in [4.69, 9.17) is 5.73 Å². The van der Waals surface area contributed by atoms with Crippen molar-refractivity contribution in [3.63, 3.8) is 0 Å². The van der Waals surface area contributed by atoms with Crippen molar-refractivity contribution in [3.05, 3.63) is 35.4 Å². The summed E-state index contributed by atoms with van der Waals surface area (Å²) in [7, 11) is 0. The first kappa shape index (κ1) is 23.4. The highest BCUT2D eigenvalue weighted by atomic mass is 35.5. The monoisotopic (exact) mass is 395 g/mol. The summed E-state index contributed by atoms with van der Waals surface area (Å²) in [5.41, 5.74) is 8.02. The maximum Gasteiger partial charge on any atom is 0.222 e. The molecule has 0 aliphatic carbocycles. The summed E-state index contributed by atoms with van der Waals surface area (Å²) in [5, 5.41) is 2.92. The second-order valence-electron chi connectivity index (χ2n) is 7.27. The number of carbonyl (C=O) groups excluding carboxylic acids is 2. The normalized spacial score (nSPS) is 16.5. The van der Waals surface area contributed by atoms with Gasteiger partial charge in [-0.15, -0.1) is 12.4 Å². The van der Waals surface area contributed by atoms with Gasteiger partial charge < -0.3 is 16.0 Å². The van der Waals surface area contributed by atoms with Crippen LogP contribution in [-0.2, 0) is 16.0 Å². The van der Waals surface area contributed by atoms with Gasteiger partial charge in [0.25, 0.3) is 0 Å². The number of nitrogens with one attached hydrogen (secondary N) is 1. The fourth-order valence-corrected chi connectivity index (χ4v) is 3.50. The van der Waals surface area contributed by atoms with E-state index in [1.165, 1.54) is 11.1 Å². The number of rotatable bonds is 9. The molecule has 1 saturated heterocycles. The summed E-state index contributed by atoms with van der Waals surface area (Å²) < 4.78 is 0. The van der Waals surface area contributed by atoms with Crippen LogP contribution in [0.1, 0.15) is 56.1 Å². The molecule has 3 N–H and O–H groups in total. The van der Waals surface area contributed by atoms with Crippen LogP contribution in [0.2, 0.25) is 0 Å². The topological polar surface area (TPSA) is 75.4 Å². The van der Waals surface area contributed by atoms with Crippen molar-refractivity contribution >= 4 is 24.2 Å². The van der Waals surface area contributed by atoms with Gasteiger partial charge in [-0.2, -0.15) is 0 Å². The number of carbonyl (C=O) groups is 2. The van der Waals surface area contributed by atoms with Gasteiger partial charge in [-0.05, 0) is 51.0 Å². The van der Waals surface area contributed by atoms with Crippen LogP contribution in [0.3, 0.4) is 0 Å². The molecule has 2 amide bonds. The van der Waals surface area contributed by atoms with Crippen LogP contribution in [0.15, 0.2) is 24.3 Å². The third-order valence-corrected chi connectivity index (χ3v) is 5.08. The molecule has 1 unspecified atom stereocenters. The lowest BCUT2D eigenvalue weighted by atomic mass is 10.0. The predicted octanol–water partition coefficient (Wildman–Crippen LogP) is 2.98. The summed E-state index contributed by atoms with van der Waals surface area (Å²) >= 11 is 0. The summed E-state index contributed by atoms with van der Waals surface area (Å²) in [6, 6.07) is 8.74. The molecular formula is C21H34ClN3O2. The molecule has 27 heavy (non-hydrogen) atoms. The van der Waals surface area contributed by atoms with Crippen LogP contribution in [0, 0.1) is 6.92 Å². The molecule has 5 nitrogen and oxygen atoms in total. The molecule has 1 atom stereocenters. The van der Waals surface area contributed by atoms with Gasteiger partial charge in [0.1, 0.15) is 0 Å². The Morgan fingerprint density at radius 2 is 1.89 bits per heavy atom. The van der Waals surface area contributed by atoms with Crippen LogP contribution in [0.5, 0.6) is 0 Å². The SMILES string of the molecule is Cc1ccc(CCCCC(=O)N2CCCCC2CNC(=O)CCN)cc1.Cl. The van der Waals surface area contributed by atoms with E-state index in [1.54, 1.807) is 0 Å². The van der Waals surface area contributed by atoms with Gasteiger partial charge >= 0.3 is 0 Å². The molecule has 1 heterocycles. The first-order valence-corrected chi connectivity index (χ1v) is 9.92. The van der Waals surface area contributed by atoms with Crippen molar-refractivity contribution in [2.75, 3.05) is 19.6 Å². The maximum atomic E-state index is 12.6. The Kier molecular flexibility index (Phi) is 11.1. The number of hydrogen-bond acceptors (Lipinski definition) is 3. The predicted molar refractivity (Wildman–Crippen MR) is 112 cm³/mol. The molecule has 0 spiro atoms. The zero-order valence-electron chi connectivity index (χ0n) is 16.4. The van der Waals surface area contributed by atoms with E-state index < -0.39 is 0 Å². The van der Waals surface area contributed by atoms with E-state index >= 15 is 0 Å². The lowest BCUT2D eigenvalue weighted by molar-refractivity contribution is -0.135. The fraction of sp³-hybridized carbons (Fsp3) is 0.619. The Morgan fingerprint density at radius 3 is 2.59 bits per heavy atom. The van der Waals surface area contributed by atoms with Crippen molar-refractivity contribution in [1.29, 1.82) is 0 Å². The number of amides is 2. The molecule has 1 aliphatic rings. The van der Waals surface area contributed by atoms with Crippen molar-refractivity contribution < 1.29 is 9.59 Å². The van der Waals surface area contributed by atoms with Gasteiger partial charge in [0.05, 0.1) is 0 Å². The quantitative estimate of drug-likeness (QED) is 0.631. The van der Waals surface area contributed by atoms with Crippen LogP contribution in [0.25, 0.3) is 0 Å². The maximum absolute atomic E-state index is 12.6. The van der Waals surface area contributed by atoms with Gasteiger partial charge in [-0.3, -0.25) is 9.59 Å². The highest BCUT2D eigenvalue weighted by molar-refractivity contribution is 5.85. The van der Waals surface area contributed by atoms with Gasteiger partial charge in [0, 0.05) is 38.5 Å². The molecule has 1 aromatic rings. The third kappa shape index (κ3) is 8.31. The van der Waals surface area contributed by atoms with Crippen LogP contribution >= 0.6 is 12.4 Å². The standard InChI is InChI=1S/C21H33N3O2.ClH/c1-17-9-11-18(12-10-17)6-2-3-8-21(26)24-15-5-4-7-19(24)16-23-20(25)13-14-22;/h9-12,19H,2-8,13-16,22H2,1H3,(H,23,25);1H. The molecule has 6 heteroatoms. The second kappa shape index (κ2) is 12.7. The molecule has 2 rings (SSSR count). The Bertz CT molecular complexity index is 577. The molecule has 1 aliphatic heterocycles. The number of nitrogens with zero attached hydrogens (tertiary/aromatic N) is 1. The van der Waals surface area contributed by atoms with E-state index in [-0.39, 0.29) is 30.3 Å². The highest BCUT2D eigenvalue weighted by Crippen LogP contribution is 2.19. The minimum Gasteiger partial charge on any atom is -0.354 e. The van der Waals surface area contributed by atoms with E-state index in [0.29, 0.717) is 25.9 Å². The minimum atomic E-state index is -0.0245. The first-order chi connectivity index (χ1) is 12.6. The lowest BCUT2D eigenvalue weighted by Crippen LogP contribution is -2.49. The average Bonchev–Trinajstić information content (AvgIpc) is 2.65. The number of aryl methyl sites for hydroxylation is 2. The molecule has 0 bridgehead atoms. The van der Waals surface area contributed by atoms with E-state index in [1.807, 2.05) is 4.90 Å². The average molecular weight is 396 g/mol. The highest BCUT2D eigenvalue weighted by Gasteiger charge is 2.26. The Hall–Kier alpha value is -1.59. The zero-order valence-corrected chi connectivity index (χ0v) is 17.2. The molecule has 0 radical (unpaired) electrons. The lowest BCUT2D eigenvalue weighted by Gasteiger charge is -2.36. The van der Waals surface area contributed by atoms with E-state index in [0.717, 1.165) is 45.1 Å². The Balaban J connectivity index is 0.00000364.